The first-order valence-corrected chi connectivity index (χ1v) is 8.16. The molecule has 1 aromatic rings. The van der Waals surface area contributed by atoms with Gasteiger partial charge >= 0.3 is 5.97 Å². The largest absolute Gasteiger partial charge is 0.497 e. The maximum Gasteiger partial charge on any atom is 0.310 e. The van der Waals surface area contributed by atoms with Crippen molar-refractivity contribution < 1.29 is 19.1 Å². The number of rotatable bonds is 6. The maximum atomic E-state index is 11.9. The molecule has 0 unspecified atom stereocenters. The summed E-state index contributed by atoms with van der Waals surface area (Å²) in [5.41, 5.74) is 0.802. The summed E-state index contributed by atoms with van der Waals surface area (Å²) in [6.07, 6.45) is 4.64. The fourth-order valence-electron chi connectivity index (χ4n) is 2.93. The summed E-state index contributed by atoms with van der Waals surface area (Å²) in [6, 6.07) is 7.44. The fourth-order valence-corrected chi connectivity index (χ4v) is 2.93. The Balaban J connectivity index is 1.74. The molecule has 0 saturated heterocycles. The van der Waals surface area contributed by atoms with Crippen LogP contribution in [0.15, 0.2) is 24.3 Å². The number of ether oxygens (including phenoxy) is 2. The molecule has 1 aliphatic carbocycles. The van der Waals surface area contributed by atoms with Crippen molar-refractivity contribution in [2.45, 2.75) is 45.1 Å². The summed E-state index contributed by atoms with van der Waals surface area (Å²) < 4.78 is 10.2. The van der Waals surface area contributed by atoms with Crippen molar-refractivity contribution in [2.24, 2.45) is 5.92 Å². The molecule has 1 saturated carbocycles. The predicted octanol–water partition coefficient (Wildman–Crippen LogP) is 2.48. The van der Waals surface area contributed by atoms with Crippen LogP contribution in [0.5, 0.6) is 5.75 Å². The lowest BCUT2D eigenvalue weighted by atomic mass is 9.86. The average molecular weight is 319 g/mol. The van der Waals surface area contributed by atoms with Gasteiger partial charge in [-0.3, -0.25) is 9.59 Å². The van der Waals surface area contributed by atoms with E-state index in [-0.39, 0.29) is 25.0 Å². The van der Waals surface area contributed by atoms with Crippen LogP contribution in [0.2, 0.25) is 0 Å². The highest BCUT2D eigenvalue weighted by atomic mass is 16.5. The predicted molar refractivity (Wildman–Crippen MR) is 87.2 cm³/mol. The monoisotopic (exact) mass is 319 g/mol. The van der Waals surface area contributed by atoms with Crippen molar-refractivity contribution in [2.75, 3.05) is 13.7 Å². The van der Waals surface area contributed by atoms with Gasteiger partial charge in [0.05, 0.1) is 13.5 Å². The van der Waals surface area contributed by atoms with Crippen LogP contribution >= 0.6 is 0 Å². The van der Waals surface area contributed by atoms with Crippen LogP contribution in [-0.2, 0) is 20.7 Å². The minimum Gasteiger partial charge on any atom is -0.497 e. The number of amides is 1. The van der Waals surface area contributed by atoms with Gasteiger partial charge in [0, 0.05) is 6.04 Å². The molecule has 126 valence electrons. The molecule has 0 bridgehead atoms. The molecule has 1 amide bonds. The summed E-state index contributed by atoms with van der Waals surface area (Å²) in [7, 11) is 1.58. The highest BCUT2D eigenvalue weighted by molar-refractivity contribution is 5.81. The van der Waals surface area contributed by atoms with Crippen molar-refractivity contribution >= 4 is 11.9 Å². The zero-order valence-electron chi connectivity index (χ0n) is 13.8. The van der Waals surface area contributed by atoms with E-state index in [0.29, 0.717) is 11.7 Å². The molecule has 0 radical (unpaired) electrons. The maximum absolute atomic E-state index is 11.9. The van der Waals surface area contributed by atoms with Gasteiger partial charge in [-0.25, -0.2) is 0 Å². The molecular formula is C18H25NO4. The van der Waals surface area contributed by atoms with Gasteiger partial charge in [0.1, 0.15) is 5.75 Å². The Bertz CT molecular complexity index is 544. The Morgan fingerprint density at radius 3 is 2.78 bits per heavy atom. The number of nitrogens with one attached hydrogen (secondary N) is 1. The molecule has 5 heteroatoms. The number of methoxy groups -OCH3 is 1. The normalized spacial score (nSPS) is 20.6. The summed E-state index contributed by atoms with van der Waals surface area (Å²) >= 11 is 0. The van der Waals surface area contributed by atoms with Gasteiger partial charge in [-0.15, -0.1) is 0 Å². The van der Waals surface area contributed by atoms with Gasteiger partial charge in [0.15, 0.2) is 6.61 Å². The second kappa shape index (κ2) is 8.56. The molecule has 0 spiro atoms. The van der Waals surface area contributed by atoms with Crippen LogP contribution in [0.4, 0.5) is 0 Å². The van der Waals surface area contributed by atoms with Gasteiger partial charge in [0.25, 0.3) is 5.91 Å². The lowest BCUT2D eigenvalue weighted by Gasteiger charge is -2.29. The SMILES string of the molecule is COc1cccc(CC(=O)OCC(=O)N[C@@H]2CCCC[C@@H]2C)c1. The quantitative estimate of drug-likeness (QED) is 0.818. The zero-order valence-corrected chi connectivity index (χ0v) is 13.8. The van der Waals surface area contributed by atoms with Crippen molar-refractivity contribution in [1.29, 1.82) is 0 Å². The number of benzene rings is 1. The number of hydrogen-bond acceptors (Lipinski definition) is 4. The van der Waals surface area contributed by atoms with E-state index in [9.17, 15) is 9.59 Å². The summed E-state index contributed by atoms with van der Waals surface area (Å²) in [5, 5.41) is 2.97. The number of esters is 1. The van der Waals surface area contributed by atoms with Crippen LogP contribution in [0.25, 0.3) is 0 Å². The second-order valence-electron chi connectivity index (χ2n) is 6.12. The van der Waals surface area contributed by atoms with E-state index in [1.807, 2.05) is 18.2 Å². The van der Waals surface area contributed by atoms with E-state index in [2.05, 4.69) is 12.2 Å². The Kier molecular flexibility index (Phi) is 6.44. The molecule has 0 aromatic heterocycles. The third kappa shape index (κ3) is 5.58. The van der Waals surface area contributed by atoms with Crippen molar-refractivity contribution in [3.8, 4) is 5.75 Å². The summed E-state index contributed by atoms with van der Waals surface area (Å²) in [6.45, 7) is 1.94. The Labute approximate surface area is 137 Å². The first-order chi connectivity index (χ1) is 11.1. The van der Waals surface area contributed by atoms with Crippen molar-refractivity contribution in [3.05, 3.63) is 29.8 Å². The van der Waals surface area contributed by atoms with Gasteiger partial charge in [-0.1, -0.05) is 31.9 Å². The molecule has 5 nitrogen and oxygen atoms in total. The van der Waals surface area contributed by atoms with Crippen molar-refractivity contribution in [1.82, 2.24) is 5.32 Å². The summed E-state index contributed by atoms with van der Waals surface area (Å²) in [4.78, 5) is 23.7. The molecule has 2 atom stereocenters. The third-order valence-electron chi connectivity index (χ3n) is 4.30. The first kappa shape index (κ1) is 17.3. The van der Waals surface area contributed by atoms with Crippen molar-refractivity contribution in [3.63, 3.8) is 0 Å². The Hall–Kier alpha value is -2.04. The van der Waals surface area contributed by atoms with E-state index >= 15 is 0 Å². The molecule has 1 N–H and O–H groups in total. The standard InChI is InChI=1S/C18H25NO4/c1-13-6-3-4-9-16(13)19-17(20)12-23-18(21)11-14-7-5-8-15(10-14)22-2/h5,7-8,10,13,16H,3-4,6,9,11-12H2,1-2H3,(H,19,20)/t13-,16+/m0/s1. The Morgan fingerprint density at radius 1 is 1.26 bits per heavy atom. The molecule has 1 fully saturated rings. The smallest absolute Gasteiger partial charge is 0.310 e. The van der Waals surface area contributed by atoms with E-state index in [4.69, 9.17) is 9.47 Å². The fraction of sp³-hybridized carbons (Fsp3) is 0.556. The van der Waals surface area contributed by atoms with Gasteiger partial charge < -0.3 is 14.8 Å². The van der Waals surface area contributed by atoms with E-state index in [0.717, 1.165) is 24.8 Å². The molecule has 0 heterocycles. The number of carbonyl (C=O) groups excluding carboxylic acids is 2. The molecule has 2 rings (SSSR count). The van der Waals surface area contributed by atoms with Crippen LogP contribution in [0, 0.1) is 5.92 Å². The summed E-state index contributed by atoms with van der Waals surface area (Å²) in [5.74, 6) is 0.548. The molecule has 1 aliphatic rings. The van der Waals surface area contributed by atoms with E-state index in [1.165, 1.54) is 6.42 Å². The lowest BCUT2D eigenvalue weighted by Crippen LogP contribution is -2.42. The van der Waals surface area contributed by atoms with Gasteiger partial charge in [-0.05, 0) is 36.5 Å². The average Bonchev–Trinajstić information content (AvgIpc) is 2.55. The zero-order chi connectivity index (χ0) is 16.7. The molecule has 0 aliphatic heterocycles. The highest BCUT2D eigenvalue weighted by Gasteiger charge is 2.23. The van der Waals surface area contributed by atoms with E-state index < -0.39 is 5.97 Å². The van der Waals surface area contributed by atoms with Crippen LogP contribution in [-0.4, -0.2) is 31.6 Å². The third-order valence-corrected chi connectivity index (χ3v) is 4.30. The van der Waals surface area contributed by atoms with Crippen LogP contribution < -0.4 is 10.1 Å². The number of carbonyl (C=O) groups is 2. The van der Waals surface area contributed by atoms with Gasteiger partial charge in [0.2, 0.25) is 0 Å². The highest BCUT2D eigenvalue weighted by Crippen LogP contribution is 2.23. The molecule has 23 heavy (non-hydrogen) atoms. The minimum absolute atomic E-state index is 0.129. The lowest BCUT2D eigenvalue weighted by molar-refractivity contribution is -0.148. The first-order valence-electron chi connectivity index (χ1n) is 8.16. The van der Waals surface area contributed by atoms with Crippen LogP contribution in [0.3, 0.4) is 0 Å². The van der Waals surface area contributed by atoms with E-state index in [1.54, 1.807) is 13.2 Å². The number of hydrogen-bond donors (Lipinski definition) is 1. The minimum atomic E-state index is -0.412. The topological polar surface area (TPSA) is 64.6 Å². The molecular weight excluding hydrogens is 294 g/mol. The van der Waals surface area contributed by atoms with Gasteiger partial charge in [-0.2, -0.15) is 0 Å². The molecule has 1 aromatic carbocycles. The van der Waals surface area contributed by atoms with Crippen LogP contribution in [0.1, 0.15) is 38.2 Å². The second-order valence-corrected chi connectivity index (χ2v) is 6.12. The Morgan fingerprint density at radius 2 is 2.04 bits per heavy atom.